The van der Waals surface area contributed by atoms with Crippen molar-refractivity contribution in [2.75, 3.05) is 32.1 Å². The standard InChI is InChI=1S/C15H24ClN3S/c1-17-15(18-9-3-4-11-20-2)19-10-8-13-6-5-7-14(16)12-13/h5-7,12H,3-4,8-11H2,1-2H3,(H2,17,18,19). The van der Waals surface area contributed by atoms with Crippen LogP contribution in [-0.4, -0.2) is 38.1 Å². The first kappa shape index (κ1) is 17.2. The smallest absolute Gasteiger partial charge is 0.190 e. The number of benzene rings is 1. The highest BCUT2D eigenvalue weighted by Gasteiger charge is 1.98. The molecule has 0 bridgehead atoms. The van der Waals surface area contributed by atoms with Gasteiger partial charge in [0, 0.05) is 25.2 Å². The van der Waals surface area contributed by atoms with Crippen LogP contribution < -0.4 is 10.6 Å². The van der Waals surface area contributed by atoms with E-state index in [9.17, 15) is 0 Å². The maximum Gasteiger partial charge on any atom is 0.190 e. The molecular weight excluding hydrogens is 290 g/mol. The van der Waals surface area contributed by atoms with Crippen LogP contribution in [0.4, 0.5) is 0 Å². The van der Waals surface area contributed by atoms with Gasteiger partial charge in [0.05, 0.1) is 0 Å². The van der Waals surface area contributed by atoms with Crippen molar-refractivity contribution in [3.05, 3.63) is 34.9 Å². The molecule has 2 N–H and O–H groups in total. The van der Waals surface area contributed by atoms with E-state index in [1.54, 1.807) is 7.05 Å². The molecule has 0 radical (unpaired) electrons. The summed E-state index contributed by atoms with van der Waals surface area (Å²) in [6, 6.07) is 7.97. The van der Waals surface area contributed by atoms with Gasteiger partial charge in [0.2, 0.25) is 0 Å². The molecule has 0 aromatic heterocycles. The molecule has 0 fully saturated rings. The normalized spacial score (nSPS) is 11.4. The topological polar surface area (TPSA) is 36.4 Å². The van der Waals surface area contributed by atoms with Gasteiger partial charge in [0.15, 0.2) is 5.96 Å². The van der Waals surface area contributed by atoms with E-state index in [4.69, 9.17) is 11.6 Å². The van der Waals surface area contributed by atoms with E-state index in [1.165, 1.54) is 24.2 Å². The number of aliphatic imine (C=N–C) groups is 1. The Morgan fingerprint density at radius 3 is 2.75 bits per heavy atom. The number of thioether (sulfide) groups is 1. The van der Waals surface area contributed by atoms with Gasteiger partial charge >= 0.3 is 0 Å². The van der Waals surface area contributed by atoms with Gasteiger partial charge < -0.3 is 10.6 Å². The first-order chi connectivity index (χ1) is 9.76. The van der Waals surface area contributed by atoms with Crippen molar-refractivity contribution >= 4 is 29.3 Å². The fraction of sp³-hybridized carbons (Fsp3) is 0.533. The molecular formula is C15H24ClN3S. The Morgan fingerprint density at radius 2 is 2.05 bits per heavy atom. The Bertz CT molecular complexity index is 410. The van der Waals surface area contributed by atoms with Crippen LogP contribution in [-0.2, 0) is 6.42 Å². The molecule has 0 unspecified atom stereocenters. The maximum absolute atomic E-state index is 5.97. The SMILES string of the molecule is CN=C(NCCCCSC)NCCc1cccc(Cl)c1. The number of rotatable bonds is 8. The minimum Gasteiger partial charge on any atom is -0.356 e. The molecule has 0 aliphatic rings. The van der Waals surface area contributed by atoms with Gasteiger partial charge in [0.25, 0.3) is 0 Å². The lowest BCUT2D eigenvalue weighted by atomic mass is 10.1. The quantitative estimate of drug-likeness (QED) is 0.439. The van der Waals surface area contributed by atoms with Gasteiger partial charge in [0.1, 0.15) is 0 Å². The second-order valence-corrected chi connectivity index (χ2v) is 5.93. The molecule has 0 saturated carbocycles. The van der Waals surface area contributed by atoms with E-state index in [0.29, 0.717) is 0 Å². The average molecular weight is 314 g/mol. The van der Waals surface area contributed by atoms with Crippen LogP contribution in [0, 0.1) is 0 Å². The molecule has 1 aromatic rings. The molecule has 0 amide bonds. The van der Waals surface area contributed by atoms with Gasteiger partial charge in [-0.15, -0.1) is 0 Å². The van der Waals surface area contributed by atoms with Gasteiger partial charge in [-0.2, -0.15) is 11.8 Å². The highest BCUT2D eigenvalue weighted by atomic mass is 35.5. The summed E-state index contributed by atoms with van der Waals surface area (Å²) < 4.78 is 0. The van der Waals surface area contributed by atoms with Crippen LogP contribution in [0.5, 0.6) is 0 Å². The number of unbranched alkanes of at least 4 members (excludes halogenated alkanes) is 1. The summed E-state index contributed by atoms with van der Waals surface area (Å²) in [5.74, 6) is 2.10. The second kappa shape index (κ2) is 10.9. The van der Waals surface area contributed by atoms with Crippen LogP contribution in [0.3, 0.4) is 0 Å². The van der Waals surface area contributed by atoms with E-state index >= 15 is 0 Å². The fourth-order valence-electron chi connectivity index (χ4n) is 1.82. The van der Waals surface area contributed by atoms with Gasteiger partial charge in [-0.25, -0.2) is 0 Å². The van der Waals surface area contributed by atoms with E-state index in [2.05, 4.69) is 27.9 Å². The molecule has 0 aliphatic carbocycles. The monoisotopic (exact) mass is 313 g/mol. The minimum atomic E-state index is 0.791. The first-order valence-electron chi connectivity index (χ1n) is 6.94. The molecule has 3 nitrogen and oxygen atoms in total. The average Bonchev–Trinajstić information content (AvgIpc) is 2.45. The molecule has 0 heterocycles. The van der Waals surface area contributed by atoms with Crippen molar-refractivity contribution in [3.8, 4) is 0 Å². The maximum atomic E-state index is 5.97. The molecule has 0 saturated heterocycles. The number of nitrogens with zero attached hydrogens (tertiary/aromatic N) is 1. The number of guanidine groups is 1. The number of hydrogen-bond donors (Lipinski definition) is 2. The zero-order valence-electron chi connectivity index (χ0n) is 12.3. The second-order valence-electron chi connectivity index (χ2n) is 4.51. The third-order valence-corrected chi connectivity index (χ3v) is 3.82. The summed E-state index contributed by atoms with van der Waals surface area (Å²) in [6.07, 6.45) is 5.50. The molecule has 1 aromatic carbocycles. The summed E-state index contributed by atoms with van der Waals surface area (Å²) in [5, 5.41) is 7.44. The molecule has 0 aliphatic heterocycles. The lowest BCUT2D eigenvalue weighted by Gasteiger charge is -2.11. The largest absolute Gasteiger partial charge is 0.356 e. The highest BCUT2D eigenvalue weighted by molar-refractivity contribution is 7.98. The van der Waals surface area contributed by atoms with E-state index < -0.39 is 0 Å². The lowest BCUT2D eigenvalue weighted by molar-refractivity contribution is 0.730. The Labute approximate surface area is 131 Å². The Morgan fingerprint density at radius 1 is 1.25 bits per heavy atom. The van der Waals surface area contributed by atoms with E-state index in [1.807, 2.05) is 30.0 Å². The third kappa shape index (κ3) is 7.65. The van der Waals surface area contributed by atoms with Gasteiger partial charge in [-0.05, 0) is 49.0 Å². The van der Waals surface area contributed by atoms with E-state index in [0.717, 1.165) is 30.5 Å². The zero-order chi connectivity index (χ0) is 14.6. The third-order valence-electron chi connectivity index (χ3n) is 2.89. The Balaban J connectivity index is 2.18. The van der Waals surface area contributed by atoms with Crippen LogP contribution in [0.25, 0.3) is 0 Å². The molecule has 20 heavy (non-hydrogen) atoms. The molecule has 0 atom stereocenters. The van der Waals surface area contributed by atoms with Crippen molar-refractivity contribution in [2.24, 2.45) is 4.99 Å². The number of halogens is 1. The molecule has 112 valence electrons. The summed E-state index contributed by atoms with van der Waals surface area (Å²) in [7, 11) is 1.80. The van der Waals surface area contributed by atoms with Crippen LogP contribution in [0.15, 0.2) is 29.3 Å². The van der Waals surface area contributed by atoms with Gasteiger partial charge in [-0.3, -0.25) is 4.99 Å². The van der Waals surface area contributed by atoms with Crippen molar-refractivity contribution in [3.63, 3.8) is 0 Å². The predicted molar refractivity (Wildman–Crippen MR) is 92.1 cm³/mol. The van der Waals surface area contributed by atoms with E-state index in [-0.39, 0.29) is 0 Å². The highest BCUT2D eigenvalue weighted by Crippen LogP contribution is 2.10. The summed E-state index contributed by atoms with van der Waals surface area (Å²) in [5.41, 5.74) is 1.24. The Kier molecular flexibility index (Phi) is 9.33. The number of hydrogen-bond acceptors (Lipinski definition) is 2. The lowest BCUT2D eigenvalue weighted by Crippen LogP contribution is -2.38. The predicted octanol–water partition coefficient (Wildman–Crippen LogP) is 3.19. The molecule has 1 rings (SSSR count). The molecule has 5 heteroatoms. The first-order valence-corrected chi connectivity index (χ1v) is 8.71. The summed E-state index contributed by atoms with van der Waals surface area (Å²) in [4.78, 5) is 4.22. The number of nitrogens with one attached hydrogen (secondary N) is 2. The van der Waals surface area contributed by atoms with Crippen molar-refractivity contribution in [2.45, 2.75) is 19.3 Å². The Hall–Kier alpha value is -0.870. The fourth-order valence-corrected chi connectivity index (χ4v) is 2.52. The van der Waals surface area contributed by atoms with Crippen LogP contribution in [0.2, 0.25) is 5.02 Å². The zero-order valence-corrected chi connectivity index (χ0v) is 13.9. The van der Waals surface area contributed by atoms with Crippen LogP contribution >= 0.6 is 23.4 Å². The van der Waals surface area contributed by atoms with Crippen molar-refractivity contribution in [1.82, 2.24) is 10.6 Å². The molecule has 0 spiro atoms. The van der Waals surface area contributed by atoms with Crippen LogP contribution in [0.1, 0.15) is 18.4 Å². The van der Waals surface area contributed by atoms with Crippen molar-refractivity contribution in [1.29, 1.82) is 0 Å². The minimum absolute atomic E-state index is 0.791. The summed E-state index contributed by atoms with van der Waals surface area (Å²) >= 11 is 7.86. The van der Waals surface area contributed by atoms with Gasteiger partial charge in [-0.1, -0.05) is 23.7 Å². The summed E-state index contributed by atoms with van der Waals surface area (Å²) in [6.45, 7) is 1.82. The van der Waals surface area contributed by atoms with Crippen molar-refractivity contribution < 1.29 is 0 Å².